The van der Waals surface area contributed by atoms with Crippen molar-refractivity contribution in [2.45, 2.75) is 46.0 Å². The van der Waals surface area contributed by atoms with Crippen LogP contribution in [-0.4, -0.2) is 28.2 Å². The molecule has 0 saturated carbocycles. The molecule has 1 heterocycles. The lowest BCUT2D eigenvalue weighted by Gasteiger charge is -2.16. The molecule has 0 bridgehead atoms. The van der Waals surface area contributed by atoms with Gasteiger partial charge in [0.05, 0.1) is 0 Å². The quantitative estimate of drug-likeness (QED) is 0.746. The van der Waals surface area contributed by atoms with E-state index in [2.05, 4.69) is 36.1 Å². The van der Waals surface area contributed by atoms with Crippen LogP contribution in [0.5, 0.6) is 0 Å². The Morgan fingerprint density at radius 1 is 1.28 bits per heavy atom. The largest absolute Gasteiger partial charge is 0.396 e. The normalized spacial score (nSPS) is 12.7. The Balaban J connectivity index is 2.53. The van der Waals surface area contributed by atoms with E-state index in [0.29, 0.717) is 11.8 Å². The van der Waals surface area contributed by atoms with Crippen molar-refractivity contribution in [3.8, 4) is 0 Å². The Morgan fingerprint density at radius 2 is 2.06 bits per heavy atom. The van der Waals surface area contributed by atoms with Gasteiger partial charge < -0.3 is 10.4 Å². The molecule has 1 aromatic rings. The third-order valence-electron chi connectivity index (χ3n) is 3.09. The topological polar surface area (TPSA) is 58.0 Å². The molecule has 0 aliphatic carbocycles. The molecule has 0 aliphatic rings. The average Bonchev–Trinajstić information content (AvgIpc) is 2.37. The first-order chi connectivity index (χ1) is 8.67. The van der Waals surface area contributed by atoms with Crippen LogP contribution in [0.4, 0.5) is 5.82 Å². The van der Waals surface area contributed by atoms with E-state index >= 15 is 0 Å². The third-order valence-corrected chi connectivity index (χ3v) is 3.09. The number of aromatic nitrogens is 2. The maximum Gasteiger partial charge on any atom is 0.129 e. The number of nitrogens with one attached hydrogen (secondary N) is 1. The highest BCUT2D eigenvalue weighted by Gasteiger charge is 2.08. The first-order valence-electron chi connectivity index (χ1n) is 6.84. The fraction of sp³-hybridized carbons (Fsp3) is 0.714. The summed E-state index contributed by atoms with van der Waals surface area (Å²) in [4.78, 5) is 8.48. The number of anilines is 1. The fourth-order valence-corrected chi connectivity index (χ4v) is 1.97. The zero-order valence-corrected chi connectivity index (χ0v) is 11.7. The van der Waals surface area contributed by atoms with E-state index in [0.717, 1.165) is 37.3 Å². The molecule has 2 N–H and O–H groups in total. The van der Waals surface area contributed by atoms with Crippen LogP contribution in [0.25, 0.3) is 0 Å². The molecule has 4 heteroatoms. The van der Waals surface area contributed by atoms with E-state index in [4.69, 9.17) is 5.11 Å². The van der Waals surface area contributed by atoms with Crippen molar-refractivity contribution < 1.29 is 5.11 Å². The highest BCUT2D eigenvalue weighted by atomic mass is 16.3. The third kappa shape index (κ3) is 5.00. The van der Waals surface area contributed by atoms with Gasteiger partial charge in [-0.2, -0.15) is 0 Å². The molecule has 0 amide bonds. The van der Waals surface area contributed by atoms with Crippen LogP contribution in [0.1, 0.15) is 51.6 Å². The van der Waals surface area contributed by atoms with Gasteiger partial charge in [-0.3, -0.25) is 0 Å². The predicted octanol–water partition coefficient (Wildman–Crippen LogP) is 2.81. The summed E-state index contributed by atoms with van der Waals surface area (Å²) in [7, 11) is 0. The Labute approximate surface area is 110 Å². The molecule has 18 heavy (non-hydrogen) atoms. The lowest BCUT2D eigenvalue weighted by atomic mass is 10.0. The van der Waals surface area contributed by atoms with E-state index in [1.807, 2.05) is 6.07 Å². The summed E-state index contributed by atoms with van der Waals surface area (Å²) in [5.41, 5.74) is 1.06. The SMILES string of the molecule is CCCC(CCO)CNc1cc(C(C)C)ncn1. The molecular weight excluding hydrogens is 226 g/mol. The van der Waals surface area contributed by atoms with Crippen LogP contribution >= 0.6 is 0 Å². The molecule has 1 unspecified atom stereocenters. The van der Waals surface area contributed by atoms with Gasteiger partial charge >= 0.3 is 0 Å². The first kappa shape index (κ1) is 14.9. The number of aliphatic hydroxyl groups excluding tert-OH is 1. The summed E-state index contributed by atoms with van der Waals surface area (Å²) in [6.07, 6.45) is 4.74. The minimum Gasteiger partial charge on any atom is -0.396 e. The van der Waals surface area contributed by atoms with E-state index < -0.39 is 0 Å². The van der Waals surface area contributed by atoms with Crippen LogP contribution in [0.2, 0.25) is 0 Å². The fourth-order valence-electron chi connectivity index (χ4n) is 1.97. The summed E-state index contributed by atoms with van der Waals surface area (Å²) in [6, 6.07) is 2.01. The van der Waals surface area contributed by atoms with Crippen molar-refractivity contribution >= 4 is 5.82 Å². The van der Waals surface area contributed by atoms with Crippen molar-refractivity contribution in [3.63, 3.8) is 0 Å². The van der Waals surface area contributed by atoms with Crippen molar-refractivity contribution in [1.29, 1.82) is 0 Å². The molecule has 0 spiro atoms. The zero-order chi connectivity index (χ0) is 13.4. The molecule has 4 nitrogen and oxygen atoms in total. The minimum absolute atomic E-state index is 0.257. The van der Waals surface area contributed by atoms with E-state index in [1.165, 1.54) is 0 Å². The molecule has 102 valence electrons. The van der Waals surface area contributed by atoms with Crippen molar-refractivity contribution in [1.82, 2.24) is 9.97 Å². The highest BCUT2D eigenvalue weighted by Crippen LogP contribution is 2.15. The van der Waals surface area contributed by atoms with Gasteiger partial charge in [-0.15, -0.1) is 0 Å². The summed E-state index contributed by atoms with van der Waals surface area (Å²) in [5, 5.41) is 12.4. The van der Waals surface area contributed by atoms with Gasteiger partial charge in [-0.05, 0) is 24.7 Å². The Morgan fingerprint density at radius 3 is 2.67 bits per heavy atom. The van der Waals surface area contributed by atoms with Crippen LogP contribution < -0.4 is 5.32 Å². The standard InChI is InChI=1S/C14H25N3O/c1-4-5-12(6-7-18)9-15-14-8-13(11(2)3)16-10-17-14/h8,10-12,18H,4-7,9H2,1-3H3,(H,15,16,17). The second-order valence-electron chi connectivity index (χ2n) is 5.03. The van der Waals surface area contributed by atoms with Gasteiger partial charge in [0, 0.05) is 24.9 Å². The van der Waals surface area contributed by atoms with Crippen LogP contribution in [0.15, 0.2) is 12.4 Å². The average molecular weight is 251 g/mol. The second-order valence-corrected chi connectivity index (χ2v) is 5.03. The van der Waals surface area contributed by atoms with Gasteiger partial charge in [-0.25, -0.2) is 9.97 Å². The molecule has 1 rings (SSSR count). The Kier molecular flexibility index (Phi) is 6.65. The van der Waals surface area contributed by atoms with Crippen molar-refractivity contribution in [3.05, 3.63) is 18.1 Å². The highest BCUT2D eigenvalue weighted by molar-refractivity contribution is 5.35. The maximum absolute atomic E-state index is 9.02. The van der Waals surface area contributed by atoms with Gasteiger partial charge in [0.25, 0.3) is 0 Å². The van der Waals surface area contributed by atoms with Gasteiger partial charge in [-0.1, -0.05) is 27.2 Å². The molecule has 1 atom stereocenters. The van der Waals surface area contributed by atoms with Gasteiger partial charge in [0.15, 0.2) is 0 Å². The number of aliphatic hydroxyl groups is 1. The van der Waals surface area contributed by atoms with Gasteiger partial charge in [0.2, 0.25) is 0 Å². The van der Waals surface area contributed by atoms with E-state index in [9.17, 15) is 0 Å². The lowest BCUT2D eigenvalue weighted by Crippen LogP contribution is -2.16. The molecular formula is C14H25N3O. The second kappa shape index (κ2) is 8.03. The summed E-state index contributed by atoms with van der Waals surface area (Å²) < 4.78 is 0. The number of hydrogen-bond donors (Lipinski definition) is 2. The first-order valence-corrected chi connectivity index (χ1v) is 6.84. The molecule has 1 aromatic heterocycles. The lowest BCUT2D eigenvalue weighted by molar-refractivity contribution is 0.255. The summed E-state index contributed by atoms with van der Waals surface area (Å²) in [5.74, 6) is 1.81. The number of rotatable bonds is 8. The number of hydrogen-bond acceptors (Lipinski definition) is 4. The van der Waals surface area contributed by atoms with Crippen LogP contribution in [0.3, 0.4) is 0 Å². The number of nitrogens with zero attached hydrogens (tertiary/aromatic N) is 2. The van der Waals surface area contributed by atoms with Gasteiger partial charge in [0.1, 0.15) is 12.1 Å². The maximum atomic E-state index is 9.02. The van der Waals surface area contributed by atoms with Crippen LogP contribution in [-0.2, 0) is 0 Å². The molecule has 0 radical (unpaired) electrons. The smallest absolute Gasteiger partial charge is 0.129 e. The minimum atomic E-state index is 0.257. The van der Waals surface area contributed by atoms with E-state index in [1.54, 1.807) is 6.33 Å². The predicted molar refractivity (Wildman–Crippen MR) is 74.7 cm³/mol. The van der Waals surface area contributed by atoms with Crippen molar-refractivity contribution in [2.75, 3.05) is 18.5 Å². The van der Waals surface area contributed by atoms with E-state index in [-0.39, 0.29) is 6.61 Å². The molecule has 0 aromatic carbocycles. The zero-order valence-electron chi connectivity index (χ0n) is 11.7. The monoisotopic (exact) mass is 251 g/mol. The Hall–Kier alpha value is -1.16. The summed E-state index contributed by atoms with van der Waals surface area (Å²) >= 11 is 0. The molecule has 0 saturated heterocycles. The molecule has 0 fully saturated rings. The van der Waals surface area contributed by atoms with Crippen molar-refractivity contribution in [2.24, 2.45) is 5.92 Å². The Bertz CT molecular complexity index is 336. The summed E-state index contributed by atoms with van der Waals surface area (Å²) in [6.45, 7) is 7.54. The van der Waals surface area contributed by atoms with Crippen LogP contribution in [0, 0.1) is 5.92 Å². The molecule has 0 aliphatic heterocycles.